The molecule has 1 aromatic heterocycles. The average molecular weight is 264 g/mol. The van der Waals surface area contributed by atoms with Gasteiger partial charge in [-0.2, -0.15) is 0 Å². The van der Waals surface area contributed by atoms with Gasteiger partial charge in [0.25, 0.3) is 5.56 Å². The summed E-state index contributed by atoms with van der Waals surface area (Å²) in [5.41, 5.74) is -0.491. The van der Waals surface area contributed by atoms with Crippen LogP contribution < -0.4 is 5.56 Å². The van der Waals surface area contributed by atoms with E-state index in [1.165, 1.54) is 32.1 Å². The number of H-pyrrole nitrogens is 1. The summed E-state index contributed by atoms with van der Waals surface area (Å²) >= 11 is 0. The Labute approximate surface area is 112 Å². The summed E-state index contributed by atoms with van der Waals surface area (Å²) in [4.78, 5) is 29.4. The Hall–Kier alpha value is -1.65. The fourth-order valence-electron chi connectivity index (χ4n) is 2.83. The maximum Gasteiger partial charge on any atom is 0.343 e. The summed E-state index contributed by atoms with van der Waals surface area (Å²) in [5, 5.41) is 8.91. The summed E-state index contributed by atoms with van der Waals surface area (Å²) < 4.78 is 0. The Kier molecular flexibility index (Phi) is 4.35. The molecule has 1 aliphatic rings. The number of hydrogen-bond donors (Lipinski definition) is 2. The highest BCUT2D eigenvalue weighted by atomic mass is 16.4. The minimum absolute atomic E-state index is 0.249. The van der Waals surface area contributed by atoms with Crippen LogP contribution in [0, 0.1) is 12.8 Å². The molecule has 1 fully saturated rings. The van der Waals surface area contributed by atoms with Gasteiger partial charge in [-0.3, -0.25) is 4.79 Å². The highest BCUT2D eigenvalue weighted by Crippen LogP contribution is 2.26. The van der Waals surface area contributed by atoms with Gasteiger partial charge in [-0.1, -0.05) is 32.1 Å². The second kappa shape index (κ2) is 5.99. The predicted octanol–water partition coefficient (Wildman–Crippen LogP) is 2.29. The van der Waals surface area contributed by atoms with Gasteiger partial charge in [0.1, 0.15) is 11.4 Å². The van der Waals surface area contributed by atoms with Crippen molar-refractivity contribution in [2.24, 2.45) is 5.92 Å². The maximum absolute atomic E-state index is 11.7. The number of carboxylic acids is 1. The fourth-order valence-corrected chi connectivity index (χ4v) is 2.83. The molecule has 19 heavy (non-hydrogen) atoms. The molecule has 1 heterocycles. The lowest BCUT2D eigenvalue weighted by Crippen LogP contribution is -2.23. The SMILES string of the molecule is Cc1nc(CCC2CCCCC2)[nH]c(=O)c1C(=O)O. The van der Waals surface area contributed by atoms with Gasteiger partial charge in [-0.15, -0.1) is 0 Å². The third kappa shape index (κ3) is 3.43. The number of carboxylic acid groups (broad SMARTS) is 1. The van der Waals surface area contributed by atoms with E-state index in [9.17, 15) is 9.59 Å². The van der Waals surface area contributed by atoms with Gasteiger partial charge in [0.2, 0.25) is 0 Å². The van der Waals surface area contributed by atoms with Crippen molar-refractivity contribution in [1.29, 1.82) is 0 Å². The molecular weight excluding hydrogens is 244 g/mol. The molecule has 5 nitrogen and oxygen atoms in total. The van der Waals surface area contributed by atoms with E-state index < -0.39 is 11.5 Å². The molecule has 0 aromatic carbocycles. The maximum atomic E-state index is 11.7. The van der Waals surface area contributed by atoms with Crippen LogP contribution in [0.15, 0.2) is 4.79 Å². The summed E-state index contributed by atoms with van der Waals surface area (Å²) in [6.45, 7) is 1.57. The molecule has 0 saturated heterocycles. The Morgan fingerprint density at radius 2 is 2.05 bits per heavy atom. The van der Waals surface area contributed by atoms with Gasteiger partial charge in [-0.05, 0) is 19.3 Å². The van der Waals surface area contributed by atoms with E-state index in [1.54, 1.807) is 6.92 Å². The normalized spacial score (nSPS) is 16.5. The summed E-state index contributed by atoms with van der Waals surface area (Å²) in [6.07, 6.45) is 8.19. The molecule has 0 aliphatic heterocycles. The smallest absolute Gasteiger partial charge is 0.343 e. The van der Waals surface area contributed by atoms with E-state index in [2.05, 4.69) is 9.97 Å². The van der Waals surface area contributed by atoms with Crippen molar-refractivity contribution in [2.75, 3.05) is 0 Å². The Morgan fingerprint density at radius 3 is 2.63 bits per heavy atom. The third-order valence-corrected chi connectivity index (χ3v) is 3.88. The molecule has 1 aliphatic carbocycles. The second-order valence-electron chi connectivity index (χ2n) is 5.32. The quantitative estimate of drug-likeness (QED) is 0.874. The summed E-state index contributed by atoms with van der Waals surface area (Å²) in [5.74, 6) is 0.113. The molecule has 0 spiro atoms. The number of hydrogen-bond acceptors (Lipinski definition) is 3. The highest BCUT2D eigenvalue weighted by molar-refractivity contribution is 5.88. The van der Waals surface area contributed by atoms with Gasteiger partial charge in [0.05, 0.1) is 5.69 Å². The number of carbonyl (C=O) groups is 1. The number of aromatic carboxylic acids is 1. The third-order valence-electron chi connectivity index (χ3n) is 3.88. The van der Waals surface area contributed by atoms with Gasteiger partial charge in [0.15, 0.2) is 0 Å². The highest BCUT2D eigenvalue weighted by Gasteiger charge is 2.17. The molecule has 0 radical (unpaired) electrons. The van der Waals surface area contributed by atoms with Crippen molar-refractivity contribution >= 4 is 5.97 Å². The number of aryl methyl sites for hydroxylation is 2. The Bertz CT molecular complexity index is 516. The van der Waals surface area contributed by atoms with E-state index in [0.717, 1.165) is 18.8 Å². The second-order valence-corrected chi connectivity index (χ2v) is 5.32. The standard InChI is InChI=1S/C14H20N2O3/c1-9-12(14(18)19)13(17)16-11(15-9)8-7-10-5-3-2-4-6-10/h10H,2-8H2,1H3,(H,18,19)(H,15,16,17). The van der Waals surface area contributed by atoms with Crippen molar-refractivity contribution in [2.45, 2.75) is 51.9 Å². The van der Waals surface area contributed by atoms with E-state index >= 15 is 0 Å². The van der Waals surface area contributed by atoms with Crippen molar-refractivity contribution < 1.29 is 9.90 Å². The molecule has 0 unspecified atom stereocenters. The summed E-state index contributed by atoms with van der Waals surface area (Å²) in [6, 6.07) is 0. The predicted molar refractivity (Wildman–Crippen MR) is 71.5 cm³/mol. The number of nitrogens with zero attached hydrogens (tertiary/aromatic N) is 1. The number of rotatable bonds is 4. The topological polar surface area (TPSA) is 83.0 Å². The van der Waals surface area contributed by atoms with E-state index in [4.69, 9.17) is 5.11 Å². The molecule has 0 amide bonds. The molecule has 2 N–H and O–H groups in total. The zero-order chi connectivity index (χ0) is 13.8. The first kappa shape index (κ1) is 13.8. The largest absolute Gasteiger partial charge is 0.477 e. The fraction of sp³-hybridized carbons (Fsp3) is 0.643. The minimum Gasteiger partial charge on any atom is -0.477 e. The van der Waals surface area contributed by atoms with Crippen molar-refractivity contribution in [1.82, 2.24) is 9.97 Å². The molecular formula is C14H20N2O3. The molecule has 2 rings (SSSR count). The van der Waals surface area contributed by atoms with E-state index in [-0.39, 0.29) is 5.56 Å². The van der Waals surface area contributed by atoms with Crippen LogP contribution in [0.5, 0.6) is 0 Å². The molecule has 104 valence electrons. The zero-order valence-corrected chi connectivity index (χ0v) is 11.2. The van der Waals surface area contributed by atoms with Crippen LogP contribution in [0.25, 0.3) is 0 Å². The van der Waals surface area contributed by atoms with Crippen LogP contribution in [-0.2, 0) is 6.42 Å². The summed E-state index contributed by atoms with van der Waals surface area (Å²) in [7, 11) is 0. The Morgan fingerprint density at radius 1 is 1.37 bits per heavy atom. The lowest BCUT2D eigenvalue weighted by molar-refractivity contribution is 0.0693. The molecule has 0 atom stereocenters. The first-order valence-corrected chi connectivity index (χ1v) is 6.91. The number of aromatic nitrogens is 2. The van der Waals surface area contributed by atoms with Crippen LogP contribution in [0.1, 0.15) is 60.4 Å². The van der Waals surface area contributed by atoms with Gasteiger partial charge >= 0.3 is 5.97 Å². The van der Waals surface area contributed by atoms with Gasteiger partial charge < -0.3 is 10.1 Å². The van der Waals surface area contributed by atoms with Crippen LogP contribution in [0.4, 0.5) is 0 Å². The van der Waals surface area contributed by atoms with Crippen LogP contribution in [0.2, 0.25) is 0 Å². The van der Waals surface area contributed by atoms with Crippen molar-refractivity contribution in [3.8, 4) is 0 Å². The monoisotopic (exact) mass is 264 g/mol. The first-order chi connectivity index (χ1) is 9.08. The first-order valence-electron chi connectivity index (χ1n) is 6.91. The Balaban J connectivity index is 2.05. The van der Waals surface area contributed by atoms with Gasteiger partial charge in [-0.25, -0.2) is 9.78 Å². The van der Waals surface area contributed by atoms with Crippen LogP contribution in [0.3, 0.4) is 0 Å². The van der Waals surface area contributed by atoms with E-state index in [1.807, 2.05) is 0 Å². The molecule has 1 aromatic rings. The van der Waals surface area contributed by atoms with E-state index in [0.29, 0.717) is 11.5 Å². The number of aromatic amines is 1. The average Bonchev–Trinajstić information content (AvgIpc) is 2.36. The lowest BCUT2D eigenvalue weighted by atomic mass is 9.86. The minimum atomic E-state index is -1.22. The lowest BCUT2D eigenvalue weighted by Gasteiger charge is -2.21. The van der Waals surface area contributed by atoms with Crippen molar-refractivity contribution in [3.63, 3.8) is 0 Å². The van der Waals surface area contributed by atoms with Crippen molar-refractivity contribution in [3.05, 3.63) is 27.4 Å². The van der Waals surface area contributed by atoms with Crippen LogP contribution >= 0.6 is 0 Å². The molecule has 5 heteroatoms. The molecule has 1 saturated carbocycles. The zero-order valence-electron chi connectivity index (χ0n) is 11.2. The number of nitrogens with one attached hydrogen (secondary N) is 1. The molecule has 0 bridgehead atoms. The van der Waals surface area contributed by atoms with Gasteiger partial charge in [0, 0.05) is 6.42 Å². The van der Waals surface area contributed by atoms with Crippen LogP contribution in [-0.4, -0.2) is 21.0 Å².